The summed E-state index contributed by atoms with van der Waals surface area (Å²) in [6.07, 6.45) is 0.798. The van der Waals surface area contributed by atoms with E-state index >= 15 is 0 Å². The molecular formula is C12H16F2N2. The molecule has 1 unspecified atom stereocenters. The first-order valence-corrected chi connectivity index (χ1v) is 5.08. The molecule has 16 heavy (non-hydrogen) atoms. The average Bonchev–Trinajstić information content (AvgIpc) is 2.21. The summed E-state index contributed by atoms with van der Waals surface area (Å²) in [7, 11) is 0. The molecule has 0 heterocycles. The van der Waals surface area contributed by atoms with Crippen LogP contribution in [0, 0.1) is 11.6 Å². The second-order valence-corrected chi connectivity index (χ2v) is 3.93. The van der Waals surface area contributed by atoms with Gasteiger partial charge in [-0.25, -0.2) is 8.78 Å². The van der Waals surface area contributed by atoms with Crippen molar-refractivity contribution >= 4 is 0 Å². The normalized spacial score (nSPS) is 12.5. The summed E-state index contributed by atoms with van der Waals surface area (Å²) in [6.45, 7) is 5.60. The van der Waals surface area contributed by atoms with Gasteiger partial charge in [-0.05, 0) is 31.9 Å². The molecule has 0 aliphatic carbocycles. The lowest BCUT2D eigenvalue weighted by Gasteiger charge is -2.16. The third-order valence-corrected chi connectivity index (χ3v) is 2.34. The molecule has 0 fully saturated rings. The summed E-state index contributed by atoms with van der Waals surface area (Å²) in [6, 6.07) is 3.63. The van der Waals surface area contributed by atoms with Crippen molar-refractivity contribution in [3.8, 4) is 0 Å². The first-order valence-electron chi connectivity index (χ1n) is 5.08. The molecule has 1 aromatic carbocycles. The summed E-state index contributed by atoms with van der Waals surface area (Å²) < 4.78 is 26.7. The first kappa shape index (κ1) is 12.8. The summed E-state index contributed by atoms with van der Waals surface area (Å²) in [5.41, 5.74) is 3.52. The maximum absolute atomic E-state index is 13.4. The predicted molar refractivity (Wildman–Crippen MR) is 60.6 cm³/mol. The third-order valence-electron chi connectivity index (χ3n) is 2.34. The lowest BCUT2D eigenvalue weighted by Crippen LogP contribution is -2.37. The number of benzene rings is 1. The molecule has 0 saturated heterocycles. The molecule has 0 aliphatic rings. The average molecular weight is 226 g/mol. The van der Waals surface area contributed by atoms with Gasteiger partial charge in [0.25, 0.3) is 0 Å². The second kappa shape index (κ2) is 5.72. The summed E-state index contributed by atoms with van der Waals surface area (Å²) >= 11 is 0. The first-order chi connectivity index (χ1) is 7.54. The van der Waals surface area contributed by atoms with Crippen LogP contribution in [0.3, 0.4) is 0 Å². The van der Waals surface area contributed by atoms with E-state index in [9.17, 15) is 8.78 Å². The number of rotatable bonds is 5. The Labute approximate surface area is 94.1 Å². The van der Waals surface area contributed by atoms with Crippen LogP contribution in [0.1, 0.15) is 18.9 Å². The Balaban J connectivity index is 2.81. The minimum absolute atomic E-state index is 0.0618. The zero-order valence-electron chi connectivity index (χ0n) is 9.26. The van der Waals surface area contributed by atoms with Gasteiger partial charge in [-0.3, -0.25) is 11.3 Å². The van der Waals surface area contributed by atoms with E-state index in [2.05, 4.69) is 12.0 Å². The van der Waals surface area contributed by atoms with Crippen molar-refractivity contribution in [2.24, 2.45) is 5.84 Å². The van der Waals surface area contributed by atoms with Crippen LogP contribution in [0.5, 0.6) is 0 Å². The molecule has 0 bridgehead atoms. The van der Waals surface area contributed by atoms with Crippen molar-refractivity contribution in [3.63, 3.8) is 0 Å². The molecule has 4 heteroatoms. The molecule has 0 aliphatic heterocycles. The summed E-state index contributed by atoms with van der Waals surface area (Å²) in [5.74, 6) is 4.25. The minimum Gasteiger partial charge on any atom is -0.271 e. The molecule has 1 aromatic rings. The second-order valence-electron chi connectivity index (χ2n) is 3.93. The van der Waals surface area contributed by atoms with E-state index in [1.807, 2.05) is 6.92 Å². The highest BCUT2D eigenvalue weighted by Gasteiger charge is 2.14. The van der Waals surface area contributed by atoms with Gasteiger partial charge in [0.2, 0.25) is 0 Å². The highest BCUT2D eigenvalue weighted by atomic mass is 19.1. The highest BCUT2D eigenvalue weighted by Crippen LogP contribution is 2.16. The van der Waals surface area contributed by atoms with E-state index in [1.54, 1.807) is 0 Å². The standard InChI is InChI=1S/C12H16F2N2/c1-8(2)6-9(16-15)7-10-11(13)4-3-5-12(10)14/h3-5,9,16H,1,6-7,15H2,2H3. The fourth-order valence-corrected chi connectivity index (χ4v) is 1.58. The Kier molecular flexibility index (Phi) is 4.58. The SMILES string of the molecule is C=C(C)CC(Cc1c(F)cccc1F)NN. The molecular weight excluding hydrogens is 210 g/mol. The van der Waals surface area contributed by atoms with Gasteiger partial charge in [-0.15, -0.1) is 6.58 Å². The lowest BCUT2D eigenvalue weighted by molar-refractivity contribution is 0.483. The Morgan fingerprint density at radius 2 is 2.00 bits per heavy atom. The van der Waals surface area contributed by atoms with Crippen LogP contribution in [0.4, 0.5) is 8.78 Å². The van der Waals surface area contributed by atoms with Gasteiger partial charge in [0, 0.05) is 11.6 Å². The van der Waals surface area contributed by atoms with Crippen LogP contribution < -0.4 is 11.3 Å². The molecule has 0 spiro atoms. The van der Waals surface area contributed by atoms with E-state index < -0.39 is 11.6 Å². The van der Waals surface area contributed by atoms with Gasteiger partial charge in [0.05, 0.1) is 0 Å². The Morgan fingerprint density at radius 1 is 1.44 bits per heavy atom. The maximum atomic E-state index is 13.4. The molecule has 1 atom stereocenters. The summed E-state index contributed by atoms with van der Waals surface area (Å²) in [4.78, 5) is 0. The van der Waals surface area contributed by atoms with Crippen molar-refractivity contribution in [1.29, 1.82) is 0 Å². The maximum Gasteiger partial charge on any atom is 0.129 e. The van der Waals surface area contributed by atoms with Crippen molar-refractivity contribution in [3.05, 3.63) is 47.5 Å². The number of nitrogens with two attached hydrogens (primary N) is 1. The monoisotopic (exact) mass is 226 g/mol. The van der Waals surface area contributed by atoms with Gasteiger partial charge in [-0.1, -0.05) is 11.6 Å². The van der Waals surface area contributed by atoms with Crippen molar-refractivity contribution in [2.45, 2.75) is 25.8 Å². The molecule has 0 aromatic heterocycles. The Bertz CT molecular complexity index is 357. The Hall–Kier alpha value is -1.26. The van der Waals surface area contributed by atoms with E-state index in [0.29, 0.717) is 6.42 Å². The zero-order valence-corrected chi connectivity index (χ0v) is 9.26. The van der Waals surface area contributed by atoms with Gasteiger partial charge >= 0.3 is 0 Å². The minimum atomic E-state index is -0.540. The molecule has 2 nitrogen and oxygen atoms in total. The number of hydrazine groups is 1. The fraction of sp³-hybridized carbons (Fsp3) is 0.333. The third kappa shape index (κ3) is 3.40. The topological polar surface area (TPSA) is 38.0 Å². The van der Waals surface area contributed by atoms with E-state index in [-0.39, 0.29) is 18.0 Å². The van der Waals surface area contributed by atoms with Crippen LogP contribution in [-0.4, -0.2) is 6.04 Å². The zero-order chi connectivity index (χ0) is 12.1. The highest BCUT2D eigenvalue weighted by molar-refractivity contribution is 5.21. The van der Waals surface area contributed by atoms with Crippen molar-refractivity contribution in [1.82, 2.24) is 5.43 Å². The van der Waals surface area contributed by atoms with Crippen molar-refractivity contribution in [2.75, 3.05) is 0 Å². The van der Waals surface area contributed by atoms with Crippen LogP contribution in [0.2, 0.25) is 0 Å². The quantitative estimate of drug-likeness (QED) is 0.459. The molecule has 0 amide bonds. The number of nitrogens with one attached hydrogen (secondary N) is 1. The predicted octanol–water partition coefficient (Wildman–Crippen LogP) is 2.31. The smallest absolute Gasteiger partial charge is 0.129 e. The lowest BCUT2D eigenvalue weighted by atomic mass is 10.00. The largest absolute Gasteiger partial charge is 0.271 e. The van der Waals surface area contributed by atoms with E-state index in [1.165, 1.54) is 18.2 Å². The fourth-order valence-electron chi connectivity index (χ4n) is 1.58. The van der Waals surface area contributed by atoms with Gasteiger partial charge in [-0.2, -0.15) is 0 Å². The Morgan fingerprint density at radius 3 is 2.44 bits per heavy atom. The van der Waals surface area contributed by atoms with Gasteiger partial charge in [0.15, 0.2) is 0 Å². The molecule has 88 valence electrons. The molecule has 3 N–H and O–H groups in total. The molecule has 0 radical (unpaired) electrons. The van der Waals surface area contributed by atoms with Gasteiger partial charge in [0.1, 0.15) is 11.6 Å². The van der Waals surface area contributed by atoms with Crippen LogP contribution >= 0.6 is 0 Å². The van der Waals surface area contributed by atoms with Crippen LogP contribution in [0.25, 0.3) is 0 Å². The number of hydrogen-bond acceptors (Lipinski definition) is 2. The van der Waals surface area contributed by atoms with E-state index in [4.69, 9.17) is 5.84 Å². The molecule has 1 rings (SSSR count). The summed E-state index contributed by atoms with van der Waals surface area (Å²) in [5, 5.41) is 0. The van der Waals surface area contributed by atoms with Crippen molar-refractivity contribution < 1.29 is 8.78 Å². The van der Waals surface area contributed by atoms with Crippen LogP contribution in [0.15, 0.2) is 30.4 Å². The van der Waals surface area contributed by atoms with Gasteiger partial charge < -0.3 is 0 Å². The molecule has 0 saturated carbocycles. The number of halogens is 2. The van der Waals surface area contributed by atoms with E-state index in [0.717, 1.165) is 5.57 Å². The number of hydrogen-bond donors (Lipinski definition) is 2. The van der Waals surface area contributed by atoms with Crippen LogP contribution in [-0.2, 0) is 6.42 Å².